The third-order valence-electron chi connectivity index (χ3n) is 2.71. The molecule has 0 radical (unpaired) electrons. The Kier molecular flexibility index (Phi) is 4.01. The first-order valence-corrected chi connectivity index (χ1v) is 8.14. The largest absolute Gasteiger partial charge is 0.298 e. The van der Waals surface area contributed by atoms with Crippen molar-refractivity contribution in [1.82, 2.24) is 9.97 Å². The highest BCUT2D eigenvalue weighted by atomic mass is 35.5. The number of rotatable bonds is 3. The Morgan fingerprint density at radius 2 is 2.19 bits per heavy atom. The van der Waals surface area contributed by atoms with Gasteiger partial charge >= 0.3 is 0 Å². The molecule has 1 amide bonds. The number of hydrogen-bond donors (Lipinski definition) is 1. The molecule has 106 valence electrons. The highest BCUT2D eigenvalue weighted by Gasteiger charge is 2.11. The summed E-state index contributed by atoms with van der Waals surface area (Å²) < 4.78 is 0. The molecule has 0 saturated carbocycles. The third kappa shape index (κ3) is 3.29. The fourth-order valence-electron chi connectivity index (χ4n) is 1.73. The van der Waals surface area contributed by atoms with Crippen LogP contribution in [-0.2, 0) is 0 Å². The van der Waals surface area contributed by atoms with E-state index in [-0.39, 0.29) is 11.1 Å². The first kappa shape index (κ1) is 14.2. The van der Waals surface area contributed by atoms with Gasteiger partial charge in [-0.3, -0.25) is 10.1 Å². The summed E-state index contributed by atoms with van der Waals surface area (Å²) in [6, 6.07) is 7.21. The van der Waals surface area contributed by atoms with E-state index in [0.717, 1.165) is 10.6 Å². The number of halogens is 1. The molecule has 3 heterocycles. The quantitative estimate of drug-likeness (QED) is 0.718. The van der Waals surface area contributed by atoms with Gasteiger partial charge in [0.2, 0.25) is 0 Å². The van der Waals surface area contributed by atoms with Crippen LogP contribution in [0.2, 0.25) is 5.15 Å². The Morgan fingerprint density at radius 3 is 2.90 bits per heavy atom. The number of anilines is 1. The van der Waals surface area contributed by atoms with E-state index >= 15 is 0 Å². The lowest BCUT2D eigenvalue weighted by molar-refractivity contribution is 0.102. The van der Waals surface area contributed by atoms with Gasteiger partial charge in [0.1, 0.15) is 5.15 Å². The zero-order valence-corrected chi connectivity index (χ0v) is 13.4. The van der Waals surface area contributed by atoms with E-state index in [4.69, 9.17) is 11.6 Å². The van der Waals surface area contributed by atoms with Crippen LogP contribution >= 0.6 is 34.3 Å². The van der Waals surface area contributed by atoms with E-state index in [1.54, 1.807) is 17.4 Å². The van der Waals surface area contributed by atoms with E-state index in [2.05, 4.69) is 28.3 Å². The average molecular weight is 336 g/mol. The average Bonchev–Trinajstić information content (AvgIpc) is 3.07. The van der Waals surface area contributed by atoms with Gasteiger partial charge in [-0.25, -0.2) is 9.97 Å². The van der Waals surface area contributed by atoms with Gasteiger partial charge in [0, 0.05) is 22.0 Å². The highest BCUT2D eigenvalue weighted by Crippen LogP contribution is 2.30. The van der Waals surface area contributed by atoms with E-state index < -0.39 is 0 Å². The highest BCUT2D eigenvalue weighted by molar-refractivity contribution is 7.17. The molecule has 0 aliphatic carbocycles. The zero-order chi connectivity index (χ0) is 14.8. The van der Waals surface area contributed by atoms with Gasteiger partial charge in [-0.2, -0.15) is 0 Å². The Balaban J connectivity index is 1.77. The normalized spacial score (nSPS) is 10.6. The smallest absolute Gasteiger partial charge is 0.257 e. The molecule has 21 heavy (non-hydrogen) atoms. The van der Waals surface area contributed by atoms with Crippen LogP contribution in [0.1, 0.15) is 15.2 Å². The van der Waals surface area contributed by atoms with Crippen molar-refractivity contribution in [3.63, 3.8) is 0 Å². The van der Waals surface area contributed by atoms with Gasteiger partial charge in [-0.15, -0.1) is 22.7 Å². The van der Waals surface area contributed by atoms with Gasteiger partial charge in [0.25, 0.3) is 5.91 Å². The number of thiophene rings is 1. The molecule has 0 saturated heterocycles. The van der Waals surface area contributed by atoms with Crippen LogP contribution in [0.4, 0.5) is 5.13 Å². The number of nitrogens with zero attached hydrogens (tertiary/aromatic N) is 2. The Bertz CT molecular complexity index is 797. The summed E-state index contributed by atoms with van der Waals surface area (Å²) in [7, 11) is 0. The predicted molar refractivity (Wildman–Crippen MR) is 87.4 cm³/mol. The number of carbonyl (C=O) groups excluding carboxylic acids is 1. The first-order chi connectivity index (χ1) is 10.1. The zero-order valence-electron chi connectivity index (χ0n) is 11.0. The summed E-state index contributed by atoms with van der Waals surface area (Å²) >= 11 is 8.85. The fourth-order valence-corrected chi connectivity index (χ4v) is 3.51. The maximum atomic E-state index is 12.1. The van der Waals surface area contributed by atoms with Crippen molar-refractivity contribution >= 4 is 45.3 Å². The number of nitrogens with one attached hydrogen (secondary N) is 1. The number of hydrogen-bond acceptors (Lipinski definition) is 5. The van der Waals surface area contributed by atoms with Crippen molar-refractivity contribution in [3.8, 4) is 10.6 Å². The van der Waals surface area contributed by atoms with Gasteiger partial charge in [-0.1, -0.05) is 11.6 Å². The molecule has 0 spiro atoms. The lowest BCUT2D eigenvalue weighted by Gasteiger charge is -2.01. The molecular weight excluding hydrogens is 326 g/mol. The molecule has 1 N–H and O–H groups in total. The molecular formula is C14H10ClN3OS2. The van der Waals surface area contributed by atoms with Crippen LogP contribution in [0.15, 0.2) is 35.8 Å². The maximum Gasteiger partial charge on any atom is 0.257 e. The number of carbonyl (C=O) groups is 1. The standard InChI is InChI=1S/C14H10ClN3OS2/c1-8-2-3-11(21-8)10-7-20-14(17-10)18-13(19)9-4-5-16-12(15)6-9/h2-7H,1H3,(H,17,18,19). The topological polar surface area (TPSA) is 54.9 Å². The Labute approximate surface area is 134 Å². The van der Waals surface area contributed by atoms with Crippen LogP contribution in [-0.4, -0.2) is 15.9 Å². The van der Waals surface area contributed by atoms with Crippen LogP contribution in [0, 0.1) is 6.92 Å². The summed E-state index contributed by atoms with van der Waals surface area (Å²) in [5.41, 5.74) is 1.33. The minimum Gasteiger partial charge on any atom is -0.298 e. The summed E-state index contributed by atoms with van der Waals surface area (Å²) in [5, 5.41) is 5.55. The SMILES string of the molecule is Cc1ccc(-c2csc(NC(=O)c3ccnc(Cl)c3)n2)s1. The number of amides is 1. The molecule has 3 aromatic heterocycles. The maximum absolute atomic E-state index is 12.1. The van der Waals surface area contributed by atoms with E-state index in [1.165, 1.54) is 28.5 Å². The van der Waals surface area contributed by atoms with Crippen molar-refractivity contribution in [2.75, 3.05) is 5.32 Å². The molecule has 0 bridgehead atoms. The summed E-state index contributed by atoms with van der Waals surface area (Å²) in [5.74, 6) is -0.248. The molecule has 7 heteroatoms. The number of aryl methyl sites for hydroxylation is 1. The lowest BCUT2D eigenvalue weighted by Crippen LogP contribution is -2.11. The molecule has 3 rings (SSSR count). The molecule has 0 unspecified atom stereocenters. The molecule has 4 nitrogen and oxygen atoms in total. The second-order valence-corrected chi connectivity index (χ2v) is 6.80. The molecule has 3 aromatic rings. The number of pyridine rings is 1. The van der Waals surface area contributed by atoms with E-state index in [0.29, 0.717) is 10.7 Å². The third-order valence-corrected chi connectivity index (χ3v) is 4.69. The summed E-state index contributed by atoms with van der Waals surface area (Å²) in [6.07, 6.45) is 1.50. The molecule has 0 atom stereocenters. The van der Waals surface area contributed by atoms with Gasteiger partial charge in [0.15, 0.2) is 5.13 Å². The molecule has 0 aliphatic heterocycles. The van der Waals surface area contributed by atoms with Crippen LogP contribution < -0.4 is 5.32 Å². The second kappa shape index (κ2) is 5.93. The number of aromatic nitrogens is 2. The molecule has 0 fully saturated rings. The van der Waals surface area contributed by atoms with Crippen LogP contribution in [0.3, 0.4) is 0 Å². The lowest BCUT2D eigenvalue weighted by atomic mass is 10.2. The van der Waals surface area contributed by atoms with Crippen LogP contribution in [0.5, 0.6) is 0 Å². The Hall–Kier alpha value is -1.76. The first-order valence-electron chi connectivity index (χ1n) is 6.07. The van der Waals surface area contributed by atoms with Crippen molar-refractivity contribution < 1.29 is 4.79 Å². The van der Waals surface area contributed by atoms with Crippen molar-refractivity contribution in [1.29, 1.82) is 0 Å². The predicted octanol–water partition coefficient (Wildman–Crippen LogP) is 4.48. The Morgan fingerprint density at radius 1 is 1.33 bits per heavy atom. The summed E-state index contributed by atoms with van der Waals surface area (Å²) in [4.78, 5) is 22.7. The second-order valence-electron chi connectivity index (χ2n) is 4.27. The van der Waals surface area contributed by atoms with Gasteiger partial charge < -0.3 is 0 Å². The minimum absolute atomic E-state index is 0.248. The van der Waals surface area contributed by atoms with Gasteiger partial charge in [0.05, 0.1) is 10.6 Å². The fraction of sp³-hybridized carbons (Fsp3) is 0.0714. The van der Waals surface area contributed by atoms with Crippen molar-refractivity contribution in [3.05, 3.63) is 51.4 Å². The van der Waals surface area contributed by atoms with E-state index in [1.807, 2.05) is 11.4 Å². The van der Waals surface area contributed by atoms with Crippen molar-refractivity contribution in [2.24, 2.45) is 0 Å². The summed E-state index contributed by atoms with van der Waals surface area (Å²) in [6.45, 7) is 2.05. The minimum atomic E-state index is -0.248. The monoisotopic (exact) mass is 335 g/mol. The molecule has 0 aliphatic rings. The molecule has 0 aromatic carbocycles. The van der Waals surface area contributed by atoms with Crippen molar-refractivity contribution in [2.45, 2.75) is 6.92 Å². The number of thiazole rings is 1. The van der Waals surface area contributed by atoms with E-state index in [9.17, 15) is 4.79 Å². The van der Waals surface area contributed by atoms with Gasteiger partial charge in [-0.05, 0) is 31.2 Å². The van der Waals surface area contributed by atoms with Crippen LogP contribution in [0.25, 0.3) is 10.6 Å².